The summed E-state index contributed by atoms with van der Waals surface area (Å²) in [5.41, 5.74) is 5.96. The Morgan fingerprint density at radius 1 is 1.42 bits per heavy atom. The van der Waals surface area contributed by atoms with Gasteiger partial charge in [0.15, 0.2) is 0 Å². The zero-order valence-electron chi connectivity index (χ0n) is 10.8. The van der Waals surface area contributed by atoms with E-state index in [-0.39, 0.29) is 23.9 Å². The van der Waals surface area contributed by atoms with Crippen LogP contribution < -0.4 is 15.2 Å². The third kappa shape index (κ3) is 4.06. The first kappa shape index (κ1) is 15.7. The summed E-state index contributed by atoms with van der Waals surface area (Å²) >= 11 is 0. The molecule has 1 atom stereocenters. The maximum Gasteiger partial charge on any atom is 0.244 e. The number of hydrogen-bond donors (Lipinski definition) is 3. The molecule has 1 rings (SSSR count). The van der Waals surface area contributed by atoms with E-state index in [1.54, 1.807) is 0 Å². The highest BCUT2D eigenvalue weighted by Gasteiger charge is 2.23. The summed E-state index contributed by atoms with van der Waals surface area (Å²) in [6.07, 6.45) is 0. The lowest BCUT2D eigenvalue weighted by Gasteiger charge is -2.17. The van der Waals surface area contributed by atoms with E-state index in [0.717, 1.165) is 0 Å². The van der Waals surface area contributed by atoms with Crippen molar-refractivity contribution in [3.8, 4) is 5.75 Å². The molecule has 19 heavy (non-hydrogen) atoms. The first-order chi connectivity index (χ1) is 8.94. The molecule has 4 N–H and O–H groups in total. The third-order valence-corrected chi connectivity index (χ3v) is 3.95. The molecule has 0 spiro atoms. The van der Waals surface area contributed by atoms with Gasteiger partial charge >= 0.3 is 0 Å². The third-order valence-electron chi connectivity index (χ3n) is 2.39. The highest BCUT2D eigenvalue weighted by Crippen LogP contribution is 2.25. The summed E-state index contributed by atoms with van der Waals surface area (Å²) in [6.45, 7) is -0.308. The van der Waals surface area contributed by atoms with Crippen LogP contribution in [-0.4, -0.2) is 47.0 Å². The summed E-state index contributed by atoms with van der Waals surface area (Å²) in [5.74, 6) is 0.140. The van der Waals surface area contributed by atoms with Gasteiger partial charge in [-0.2, -0.15) is 0 Å². The first-order valence-electron chi connectivity index (χ1n) is 5.50. The molecule has 0 saturated heterocycles. The molecule has 1 aromatic rings. The van der Waals surface area contributed by atoms with Gasteiger partial charge in [-0.05, 0) is 12.1 Å². The lowest BCUT2D eigenvalue weighted by molar-refractivity contribution is 0.139. The molecule has 7 nitrogen and oxygen atoms in total. The normalized spacial score (nSPS) is 13.2. The van der Waals surface area contributed by atoms with Crippen LogP contribution in [0.2, 0.25) is 0 Å². The van der Waals surface area contributed by atoms with Gasteiger partial charge in [-0.3, -0.25) is 0 Å². The van der Waals surface area contributed by atoms with Crippen molar-refractivity contribution in [1.29, 1.82) is 0 Å². The van der Waals surface area contributed by atoms with E-state index in [0.29, 0.717) is 5.69 Å². The van der Waals surface area contributed by atoms with Crippen molar-refractivity contribution in [2.45, 2.75) is 10.9 Å². The van der Waals surface area contributed by atoms with Crippen molar-refractivity contribution in [2.24, 2.45) is 0 Å². The van der Waals surface area contributed by atoms with Gasteiger partial charge < -0.3 is 20.3 Å². The summed E-state index contributed by atoms with van der Waals surface area (Å²) in [7, 11) is -1.05. The van der Waals surface area contributed by atoms with Crippen molar-refractivity contribution in [3.63, 3.8) is 0 Å². The van der Waals surface area contributed by atoms with Crippen molar-refractivity contribution in [1.82, 2.24) is 4.72 Å². The van der Waals surface area contributed by atoms with Gasteiger partial charge in [0.1, 0.15) is 10.6 Å². The molecule has 0 amide bonds. The van der Waals surface area contributed by atoms with Gasteiger partial charge in [-0.25, -0.2) is 13.1 Å². The fourth-order valence-corrected chi connectivity index (χ4v) is 2.88. The predicted octanol–water partition coefficient (Wildman–Crippen LogP) is -0.437. The second kappa shape index (κ2) is 6.71. The number of anilines is 1. The number of aliphatic hydroxyl groups excluding tert-OH is 1. The molecule has 0 radical (unpaired) electrons. The maximum absolute atomic E-state index is 12.2. The van der Waals surface area contributed by atoms with Gasteiger partial charge in [-0.15, -0.1) is 0 Å². The summed E-state index contributed by atoms with van der Waals surface area (Å²) < 4.78 is 36.5. The SMILES string of the molecule is COCC(CO)NS(=O)(=O)c1ccc(N)cc1OC. The smallest absolute Gasteiger partial charge is 0.244 e. The molecule has 1 aromatic carbocycles. The number of benzene rings is 1. The predicted molar refractivity (Wildman–Crippen MR) is 70.5 cm³/mol. The molecule has 0 bridgehead atoms. The molecule has 0 saturated carbocycles. The fourth-order valence-electron chi connectivity index (χ4n) is 1.51. The van der Waals surface area contributed by atoms with Gasteiger partial charge in [0.05, 0.1) is 26.4 Å². The molecular formula is C11H18N2O5S. The van der Waals surface area contributed by atoms with E-state index in [1.165, 1.54) is 32.4 Å². The van der Waals surface area contributed by atoms with E-state index >= 15 is 0 Å². The molecular weight excluding hydrogens is 272 g/mol. The van der Waals surface area contributed by atoms with E-state index in [4.69, 9.17) is 20.3 Å². The van der Waals surface area contributed by atoms with Gasteiger partial charge in [-0.1, -0.05) is 0 Å². The minimum Gasteiger partial charge on any atom is -0.495 e. The van der Waals surface area contributed by atoms with Crippen LogP contribution in [-0.2, 0) is 14.8 Å². The summed E-state index contributed by atoms with van der Waals surface area (Å²) in [4.78, 5) is -0.0428. The van der Waals surface area contributed by atoms with Gasteiger partial charge in [0.25, 0.3) is 0 Å². The topological polar surface area (TPSA) is 111 Å². The van der Waals surface area contributed by atoms with Crippen LogP contribution in [0.25, 0.3) is 0 Å². The van der Waals surface area contributed by atoms with Crippen LogP contribution in [0.3, 0.4) is 0 Å². The molecule has 1 unspecified atom stereocenters. The Kier molecular flexibility index (Phi) is 5.55. The van der Waals surface area contributed by atoms with E-state index in [9.17, 15) is 8.42 Å². The number of nitrogens with two attached hydrogens (primary N) is 1. The second-order valence-corrected chi connectivity index (χ2v) is 5.55. The summed E-state index contributed by atoms with van der Waals surface area (Å²) in [6, 6.07) is 3.50. The molecule has 0 aliphatic heterocycles. The van der Waals surface area contributed by atoms with Gasteiger partial charge in [0, 0.05) is 18.9 Å². The molecule has 0 aliphatic carbocycles. The fraction of sp³-hybridized carbons (Fsp3) is 0.455. The largest absolute Gasteiger partial charge is 0.495 e. The average Bonchev–Trinajstić information content (AvgIpc) is 2.37. The van der Waals surface area contributed by atoms with Crippen LogP contribution >= 0.6 is 0 Å². The highest BCUT2D eigenvalue weighted by atomic mass is 32.2. The molecule has 0 fully saturated rings. The number of ether oxygens (including phenoxy) is 2. The van der Waals surface area contributed by atoms with Crippen molar-refractivity contribution < 1.29 is 23.0 Å². The highest BCUT2D eigenvalue weighted by molar-refractivity contribution is 7.89. The van der Waals surface area contributed by atoms with Crippen molar-refractivity contribution in [2.75, 3.05) is 33.2 Å². The van der Waals surface area contributed by atoms with Crippen molar-refractivity contribution in [3.05, 3.63) is 18.2 Å². The Hall–Kier alpha value is -1.35. The van der Waals surface area contributed by atoms with E-state index in [1.807, 2.05) is 0 Å². The average molecular weight is 290 g/mol. The number of methoxy groups -OCH3 is 2. The molecule has 0 aliphatic rings. The van der Waals surface area contributed by atoms with Crippen molar-refractivity contribution >= 4 is 15.7 Å². The van der Waals surface area contributed by atoms with Crippen LogP contribution in [0.4, 0.5) is 5.69 Å². The Bertz CT molecular complexity index is 518. The second-order valence-electron chi connectivity index (χ2n) is 3.87. The monoisotopic (exact) mass is 290 g/mol. The molecule has 0 aromatic heterocycles. The lowest BCUT2D eigenvalue weighted by Crippen LogP contribution is -2.40. The zero-order chi connectivity index (χ0) is 14.5. The Balaban J connectivity index is 3.06. The maximum atomic E-state index is 12.2. The Morgan fingerprint density at radius 3 is 2.63 bits per heavy atom. The molecule has 8 heteroatoms. The van der Waals surface area contributed by atoms with Crippen LogP contribution in [0.5, 0.6) is 5.75 Å². The quantitative estimate of drug-likeness (QED) is 0.587. The number of aliphatic hydroxyl groups is 1. The summed E-state index contributed by atoms with van der Waals surface area (Å²) in [5, 5.41) is 9.08. The number of sulfonamides is 1. The minimum absolute atomic E-state index is 0.0428. The number of hydrogen-bond acceptors (Lipinski definition) is 6. The van der Waals surface area contributed by atoms with E-state index < -0.39 is 16.1 Å². The zero-order valence-corrected chi connectivity index (χ0v) is 11.6. The number of rotatable bonds is 7. The van der Waals surface area contributed by atoms with Crippen LogP contribution in [0.1, 0.15) is 0 Å². The Labute approximate surface area is 112 Å². The lowest BCUT2D eigenvalue weighted by atomic mass is 10.3. The number of nitrogens with one attached hydrogen (secondary N) is 1. The number of nitrogen functional groups attached to an aromatic ring is 1. The van der Waals surface area contributed by atoms with Gasteiger partial charge in [0.2, 0.25) is 10.0 Å². The van der Waals surface area contributed by atoms with Crippen LogP contribution in [0, 0.1) is 0 Å². The van der Waals surface area contributed by atoms with E-state index in [2.05, 4.69) is 4.72 Å². The molecule has 0 heterocycles. The van der Waals surface area contributed by atoms with Crippen LogP contribution in [0.15, 0.2) is 23.1 Å². The Morgan fingerprint density at radius 2 is 2.11 bits per heavy atom. The minimum atomic E-state index is -3.82. The standard InChI is InChI=1S/C11H18N2O5S/c1-17-7-9(6-14)13-19(15,16)11-4-3-8(12)5-10(11)18-2/h3-5,9,13-14H,6-7,12H2,1-2H3. The first-order valence-corrected chi connectivity index (χ1v) is 6.98. The molecule has 108 valence electrons.